The fourth-order valence-corrected chi connectivity index (χ4v) is 4.43. The fraction of sp³-hybridized carbons (Fsp3) is 0.600. The highest BCUT2D eigenvalue weighted by Crippen LogP contribution is 2.27. The van der Waals surface area contributed by atoms with Crippen molar-refractivity contribution in [2.45, 2.75) is 37.9 Å². The summed E-state index contributed by atoms with van der Waals surface area (Å²) in [7, 11) is -1.93. The zero-order valence-corrected chi connectivity index (χ0v) is 13.6. The van der Waals surface area contributed by atoms with Crippen LogP contribution in [0.3, 0.4) is 0 Å². The van der Waals surface area contributed by atoms with Crippen molar-refractivity contribution >= 4 is 10.0 Å². The van der Waals surface area contributed by atoms with Gasteiger partial charge in [-0.15, -0.1) is 0 Å². The molecule has 1 saturated heterocycles. The first-order valence-electron chi connectivity index (χ1n) is 7.13. The average Bonchev–Trinajstić information content (AvgIpc) is 2.47. The van der Waals surface area contributed by atoms with E-state index in [2.05, 4.69) is 6.92 Å². The number of aliphatic hydroxyl groups is 1. The lowest BCUT2D eigenvalue weighted by molar-refractivity contribution is 0.0183. The van der Waals surface area contributed by atoms with Gasteiger partial charge in [0.1, 0.15) is 0 Å². The Morgan fingerprint density at radius 3 is 2.76 bits per heavy atom. The van der Waals surface area contributed by atoms with E-state index < -0.39 is 10.0 Å². The topological polar surface area (TPSA) is 66.8 Å². The summed E-state index contributed by atoms with van der Waals surface area (Å²) in [5.74, 6) is 0.353. The molecule has 0 radical (unpaired) electrons. The monoisotopic (exact) mass is 313 g/mol. The Bertz CT molecular complexity index is 600. The smallest absolute Gasteiger partial charge is 0.243 e. The van der Waals surface area contributed by atoms with Crippen molar-refractivity contribution in [1.29, 1.82) is 0 Å². The second-order valence-electron chi connectivity index (χ2n) is 5.66. The lowest BCUT2D eigenvalue weighted by atomic mass is 9.97. The summed E-state index contributed by atoms with van der Waals surface area (Å²) in [5, 5.41) is 9.22. The van der Waals surface area contributed by atoms with Crippen LogP contribution in [0.15, 0.2) is 23.1 Å². The van der Waals surface area contributed by atoms with Crippen molar-refractivity contribution in [3.05, 3.63) is 29.3 Å². The molecule has 2 unspecified atom stereocenters. The van der Waals surface area contributed by atoms with E-state index in [4.69, 9.17) is 4.74 Å². The van der Waals surface area contributed by atoms with Gasteiger partial charge in [-0.1, -0.05) is 19.1 Å². The van der Waals surface area contributed by atoms with Gasteiger partial charge in [0.2, 0.25) is 10.0 Å². The van der Waals surface area contributed by atoms with Gasteiger partial charge >= 0.3 is 0 Å². The predicted molar refractivity (Wildman–Crippen MR) is 80.4 cm³/mol. The highest BCUT2D eigenvalue weighted by molar-refractivity contribution is 7.89. The van der Waals surface area contributed by atoms with Gasteiger partial charge in [-0.25, -0.2) is 8.42 Å². The fourth-order valence-electron chi connectivity index (χ4n) is 2.69. The van der Waals surface area contributed by atoms with Crippen molar-refractivity contribution < 1.29 is 18.3 Å². The Kier molecular flexibility index (Phi) is 5.03. The molecule has 2 atom stereocenters. The highest BCUT2D eigenvalue weighted by Gasteiger charge is 2.34. The number of hydrogen-bond donors (Lipinski definition) is 1. The minimum Gasteiger partial charge on any atom is -0.392 e. The molecule has 1 aromatic carbocycles. The number of aryl methyl sites for hydroxylation is 1. The van der Waals surface area contributed by atoms with Crippen LogP contribution >= 0.6 is 0 Å². The molecule has 2 rings (SSSR count). The summed E-state index contributed by atoms with van der Waals surface area (Å²) in [6.07, 6.45) is 0.714. The number of ether oxygens (including phenoxy) is 1. The predicted octanol–water partition coefficient (Wildman–Crippen LogP) is 1.53. The summed E-state index contributed by atoms with van der Waals surface area (Å²) in [4.78, 5) is 0.276. The number of nitrogens with zero attached hydrogens (tertiary/aromatic N) is 1. The van der Waals surface area contributed by atoms with Gasteiger partial charge in [-0.2, -0.15) is 4.31 Å². The van der Waals surface area contributed by atoms with Crippen molar-refractivity contribution in [2.75, 3.05) is 20.2 Å². The summed E-state index contributed by atoms with van der Waals surface area (Å²) in [6, 6.07) is 5.04. The molecule has 118 valence electrons. The third-order valence-corrected chi connectivity index (χ3v) is 6.21. The number of methoxy groups -OCH3 is 1. The first-order valence-corrected chi connectivity index (χ1v) is 8.57. The van der Waals surface area contributed by atoms with E-state index >= 15 is 0 Å². The number of aliphatic hydroxyl groups excluding tert-OH is 1. The van der Waals surface area contributed by atoms with E-state index in [1.54, 1.807) is 32.2 Å². The first kappa shape index (κ1) is 16.4. The van der Waals surface area contributed by atoms with Gasteiger partial charge in [0.05, 0.1) is 17.6 Å². The molecule has 1 heterocycles. The first-order chi connectivity index (χ1) is 9.90. The molecule has 0 saturated carbocycles. The highest BCUT2D eigenvalue weighted by atomic mass is 32.2. The third-order valence-electron chi connectivity index (χ3n) is 4.21. The molecule has 21 heavy (non-hydrogen) atoms. The maximum atomic E-state index is 12.8. The molecule has 1 aliphatic rings. The zero-order valence-electron chi connectivity index (χ0n) is 12.7. The quantitative estimate of drug-likeness (QED) is 0.915. The number of hydrogen-bond acceptors (Lipinski definition) is 4. The molecular weight excluding hydrogens is 290 g/mol. The number of piperidine rings is 1. The Morgan fingerprint density at radius 1 is 1.43 bits per heavy atom. The maximum Gasteiger partial charge on any atom is 0.243 e. The van der Waals surface area contributed by atoms with Gasteiger partial charge in [0, 0.05) is 20.2 Å². The maximum absolute atomic E-state index is 12.8. The van der Waals surface area contributed by atoms with Crippen LogP contribution in [0.1, 0.15) is 24.5 Å². The Balaban J connectivity index is 2.34. The minimum atomic E-state index is -3.55. The Morgan fingerprint density at radius 2 is 2.14 bits per heavy atom. The van der Waals surface area contributed by atoms with E-state index in [9.17, 15) is 13.5 Å². The van der Waals surface area contributed by atoms with E-state index in [-0.39, 0.29) is 17.6 Å². The molecule has 0 aliphatic carbocycles. The minimum absolute atomic E-state index is 0.0742. The zero-order chi connectivity index (χ0) is 15.6. The van der Waals surface area contributed by atoms with E-state index in [0.717, 1.165) is 6.42 Å². The molecule has 0 spiro atoms. The lowest BCUT2D eigenvalue weighted by Crippen LogP contribution is -2.46. The average molecular weight is 313 g/mol. The second kappa shape index (κ2) is 6.44. The van der Waals surface area contributed by atoms with Crippen molar-refractivity contribution in [2.24, 2.45) is 5.92 Å². The van der Waals surface area contributed by atoms with Gasteiger partial charge in [0.15, 0.2) is 0 Å². The van der Waals surface area contributed by atoms with E-state index in [0.29, 0.717) is 30.1 Å². The number of benzene rings is 1. The molecule has 1 fully saturated rings. The SMILES string of the molecule is COC1CN(S(=O)(=O)c2cc(CO)ccc2C)CCC1C. The molecule has 0 bridgehead atoms. The molecule has 1 N–H and O–H groups in total. The van der Waals surface area contributed by atoms with Gasteiger partial charge in [0.25, 0.3) is 0 Å². The van der Waals surface area contributed by atoms with Crippen LogP contribution < -0.4 is 0 Å². The van der Waals surface area contributed by atoms with Crippen LogP contribution in [0.5, 0.6) is 0 Å². The van der Waals surface area contributed by atoms with Crippen molar-refractivity contribution in [3.8, 4) is 0 Å². The molecule has 6 heteroatoms. The van der Waals surface area contributed by atoms with E-state index in [1.807, 2.05) is 0 Å². The summed E-state index contributed by atoms with van der Waals surface area (Å²) < 4.78 is 32.6. The van der Waals surface area contributed by atoms with Gasteiger partial charge < -0.3 is 9.84 Å². The van der Waals surface area contributed by atoms with Crippen LogP contribution in [0, 0.1) is 12.8 Å². The largest absolute Gasteiger partial charge is 0.392 e. The van der Waals surface area contributed by atoms with Crippen LogP contribution in [0.4, 0.5) is 0 Å². The summed E-state index contributed by atoms with van der Waals surface area (Å²) >= 11 is 0. The second-order valence-corrected chi connectivity index (χ2v) is 7.57. The van der Waals surface area contributed by atoms with Gasteiger partial charge in [-0.3, -0.25) is 0 Å². The standard InChI is InChI=1S/C15H23NO4S/c1-11-6-7-16(9-14(11)20-3)21(18,19)15-8-13(10-17)5-4-12(15)2/h4-5,8,11,14,17H,6-7,9-10H2,1-3H3. The van der Waals surface area contributed by atoms with Gasteiger partial charge in [-0.05, 0) is 36.5 Å². The number of sulfonamides is 1. The molecular formula is C15H23NO4S. The van der Waals surface area contributed by atoms with Crippen LogP contribution in [0.2, 0.25) is 0 Å². The molecule has 1 aliphatic heterocycles. The van der Waals surface area contributed by atoms with Crippen molar-refractivity contribution in [3.63, 3.8) is 0 Å². The summed E-state index contributed by atoms with van der Waals surface area (Å²) in [5.41, 5.74) is 1.30. The van der Waals surface area contributed by atoms with Crippen molar-refractivity contribution in [1.82, 2.24) is 4.31 Å². The number of rotatable bonds is 4. The summed E-state index contributed by atoms with van der Waals surface area (Å²) in [6.45, 7) is 4.57. The van der Waals surface area contributed by atoms with Crippen LogP contribution in [0.25, 0.3) is 0 Å². The molecule has 0 aromatic heterocycles. The normalized spacial score (nSPS) is 24.2. The Hall–Kier alpha value is -0.950. The van der Waals surface area contributed by atoms with Crippen LogP contribution in [-0.2, 0) is 21.4 Å². The molecule has 5 nitrogen and oxygen atoms in total. The van der Waals surface area contributed by atoms with Crippen LogP contribution in [-0.4, -0.2) is 44.1 Å². The van der Waals surface area contributed by atoms with E-state index in [1.165, 1.54) is 4.31 Å². The molecule has 1 aromatic rings. The third kappa shape index (κ3) is 3.29. The lowest BCUT2D eigenvalue weighted by Gasteiger charge is -2.35. The Labute approximate surface area is 126 Å². The molecule has 0 amide bonds.